The molecule has 1 aromatic carbocycles. The number of ether oxygens (including phenoxy) is 1. The Bertz CT molecular complexity index is 631. The van der Waals surface area contributed by atoms with Crippen molar-refractivity contribution in [2.45, 2.75) is 30.2 Å². The number of hydrogen-bond donors (Lipinski definition) is 1. The van der Waals surface area contributed by atoms with E-state index in [9.17, 15) is 8.42 Å². The molecule has 21 heavy (non-hydrogen) atoms. The third kappa shape index (κ3) is 4.00. The fourth-order valence-corrected chi connectivity index (χ4v) is 5.75. The lowest BCUT2D eigenvalue weighted by molar-refractivity contribution is 0.0549. The van der Waals surface area contributed by atoms with Crippen molar-refractivity contribution >= 4 is 53.5 Å². The number of aryl methyl sites for hydroxylation is 1. The fourth-order valence-electron chi connectivity index (χ4n) is 2.20. The molecule has 1 aliphatic rings. The minimum atomic E-state index is -3.67. The zero-order valence-corrected chi connectivity index (χ0v) is 16.2. The van der Waals surface area contributed by atoms with Crippen LogP contribution in [-0.2, 0) is 14.8 Å². The molecular formula is C13H16Br2ClNO3S. The van der Waals surface area contributed by atoms with Crippen molar-refractivity contribution in [3.8, 4) is 0 Å². The molecule has 1 fully saturated rings. The average molecular weight is 462 g/mol. The van der Waals surface area contributed by atoms with Gasteiger partial charge in [0.15, 0.2) is 0 Å². The first-order valence-electron chi connectivity index (χ1n) is 6.43. The van der Waals surface area contributed by atoms with Crippen LogP contribution in [0.2, 0.25) is 0 Å². The second-order valence-electron chi connectivity index (χ2n) is 5.16. The van der Waals surface area contributed by atoms with E-state index < -0.39 is 15.6 Å². The zero-order valence-electron chi connectivity index (χ0n) is 11.5. The van der Waals surface area contributed by atoms with E-state index in [1.807, 2.05) is 6.92 Å². The number of benzene rings is 1. The van der Waals surface area contributed by atoms with Gasteiger partial charge in [0.25, 0.3) is 0 Å². The van der Waals surface area contributed by atoms with E-state index in [1.54, 1.807) is 12.1 Å². The Morgan fingerprint density at radius 3 is 2.48 bits per heavy atom. The van der Waals surface area contributed by atoms with Gasteiger partial charge in [0.2, 0.25) is 10.0 Å². The van der Waals surface area contributed by atoms with Gasteiger partial charge in [0.1, 0.15) is 0 Å². The summed E-state index contributed by atoms with van der Waals surface area (Å²) in [6.07, 6.45) is 1.14. The second-order valence-corrected chi connectivity index (χ2v) is 8.79. The number of sulfonamides is 1. The molecule has 2 rings (SSSR count). The summed E-state index contributed by atoms with van der Waals surface area (Å²) in [5.74, 6) is 0.222. The van der Waals surface area contributed by atoms with E-state index in [1.165, 1.54) is 0 Å². The molecule has 0 radical (unpaired) electrons. The molecular weight excluding hydrogens is 445 g/mol. The second kappa shape index (κ2) is 6.84. The first kappa shape index (κ1) is 17.7. The quantitative estimate of drug-likeness (QED) is 0.698. The Morgan fingerprint density at radius 2 is 1.90 bits per heavy atom. The molecule has 4 nitrogen and oxygen atoms in total. The first-order valence-corrected chi connectivity index (χ1v) is 10.0. The Labute approximate surface area is 146 Å². The fraction of sp³-hybridized carbons (Fsp3) is 0.538. The van der Waals surface area contributed by atoms with E-state index >= 15 is 0 Å². The van der Waals surface area contributed by atoms with Crippen LogP contribution in [0.1, 0.15) is 18.4 Å². The molecule has 8 heteroatoms. The summed E-state index contributed by atoms with van der Waals surface area (Å²) in [7, 11) is -3.67. The SMILES string of the molecule is Cc1cc(Br)c(S(=O)(=O)NC2(CCl)CCOCC2)cc1Br. The van der Waals surface area contributed by atoms with E-state index in [-0.39, 0.29) is 10.8 Å². The number of halogens is 3. The summed E-state index contributed by atoms with van der Waals surface area (Å²) in [5, 5.41) is 0. The third-order valence-electron chi connectivity index (χ3n) is 3.56. The maximum atomic E-state index is 12.7. The number of nitrogens with one attached hydrogen (secondary N) is 1. The van der Waals surface area contributed by atoms with Gasteiger partial charge in [-0.3, -0.25) is 0 Å². The molecule has 1 N–H and O–H groups in total. The lowest BCUT2D eigenvalue weighted by atomic mass is 9.94. The molecule has 1 saturated heterocycles. The number of rotatable bonds is 4. The predicted molar refractivity (Wildman–Crippen MR) is 90.4 cm³/mol. The lowest BCUT2D eigenvalue weighted by Crippen LogP contribution is -2.53. The normalized spacial score (nSPS) is 18.7. The molecule has 118 valence electrons. The van der Waals surface area contributed by atoms with Crippen LogP contribution in [-0.4, -0.2) is 33.1 Å². The van der Waals surface area contributed by atoms with Crippen LogP contribution >= 0.6 is 43.5 Å². The Kier molecular flexibility index (Phi) is 5.77. The van der Waals surface area contributed by atoms with Crippen molar-refractivity contribution in [1.29, 1.82) is 0 Å². The third-order valence-corrected chi connectivity index (χ3v) is 7.46. The first-order chi connectivity index (χ1) is 9.80. The molecule has 1 heterocycles. The minimum absolute atomic E-state index is 0.205. The standard InChI is InChI=1S/C13H16Br2ClNO3S/c1-9-6-11(15)12(7-10(9)14)21(18,19)17-13(8-16)2-4-20-5-3-13/h6-7,17H,2-5,8H2,1H3. The van der Waals surface area contributed by atoms with Gasteiger partial charge in [0.05, 0.1) is 10.4 Å². The van der Waals surface area contributed by atoms with Gasteiger partial charge in [-0.2, -0.15) is 0 Å². The van der Waals surface area contributed by atoms with Crippen molar-refractivity contribution in [3.63, 3.8) is 0 Å². The Morgan fingerprint density at radius 1 is 1.29 bits per heavy atom. The highest BCUT2D eigenvalue weighted by Crippen LogP contribution is 2.31. The van der Waals surface area contributed by atoms with Crippen molar-refractivity contribution in [3.05, 3.63) is 26.6 Å². The minimum Gasteiger partial charge on any atom is -0.381 e. The highest BCUT2D eigenvalue weighted by molar-refractivity contribution is 9.11. The molecule has 1 aliphatic heterocycles. The molecule has 0 amide bonds. The molecule has 0 unspecified atom stereocenters. The summed E-state index contributed by atoms with van der Waals surface area (Å²) in [5.41, 5.74) is 0.314. The lowest BCUT2D eigenvalue weighted by Gasteiger charge is -2.36. The van der Waals surface area contributed by atoms with Gasteiger partial charge in [0, 0.05) is 28.0 Å². The van der Waals surface area contributed by atoms with Crippen LogP contribution in [0.3, 0.4) is 0 Å². The average Bonchev–Trinajstić information content (AvgIpc) is 2.43. The van der Waals surface area contributed by atoms with E-state index in [2.05, 4.69) is 36.6 Å². The maximum absolute atomic E-state index is 12.7. The van der Waals surface area contributed by atoms with Crippen LogP contribution in [0.4, 0.5) is 0 Å². The van der Waals surface area contributed by atoms with Crippen LogP contribution < -0.4 is 4.72 Å². The van der Waals surface area contributed by atoms with Crippen molar-refractivity contribution in [2.24, 2.45) is 0 Å². The highest BCUT2D eigenvalue weighted by Gasteiger charge is 2.37. The van der Waals surface area contributed by atoms with Crippen LogP contribution in [0, 0.1) is 6.92 Å². The van der Waals surface area contributed by atoms with Crippen molar-refractivity contribution in [1.82, 2.24) is 4.72 Å². The summed E-state index contributed by atoms with van der Waals surface area (Å²) in [6.45, 7) is 2.92. The van der Waals surface area contributed by atoms with E-state index in [0.29, 0.717) is 30.5 Å². The van der Waals surface area contributed by atoms with Gasteiger partial charge in [-0.25, -0.2) is 13.1 Å². The van der Waals surface area contributed by atoms with E-state index in [4.69, 9.17) is 16.3 Å². The molecule has 0 spiro atoms. The van der Waals surface area contributed by atoms with Gasteiger partial charge in [-0.15, -0.1) is 11.6 Å². The van der Waals surface area contributed by atoms with Crippen molar-refractivity contribution < 1.29 is 13.2 Å². The van der Waals surface area contributed by atoms with Crippen LogP contribution in [0.15, 0.2) is 26.0 Å². The molecule has 0 atom stereocenters. The summed E-state index contributed by atoms with van der Waals surface area (Å²) < 4.78 is 34.7. The van der Waals surface area contributed by atoms with Crippen LogP contribution in [0.25, 0.3) is 0 Å². The molecule has 0 aromatic heterocycles. The topological polar surface area (TPSA) is 55.4 Å². The van der Waals surface area contributed by atoms with E-state index in [0.717, 1.165) is 10.0 Å². The summed E-state index contributed by atoms with van der Waals surface area (Å²) >= 11 is 12.7. The van der Waals surface area contributed by atoms with Crippen LogP contribution in [0.5, 0.6) is 0 Å². The zero-order chi connectivity index (χ0) is 15.7. The summed E-state index contributed by atoms with van der Waals surface area (Å²) in [6, 6.07) is 3.37. The number of alkyl halides is 1. The molecule has 0 aliphatic carbocycles. The molecule has 0 saturated carbocycles. The molecule has 1 aromatic rings. The van der Waals surface area contributed by atoms with Gasteiger partial charge in [-0.1, -0.05) is 15.9 Å². The molecule has 0 bridgehead atoms. The predicted octanol–water partition coefficient (Wildman–Crippen LogP) is 3.59. The van der Waals surface area contributed by atoms with Gasteiger partial charge >= 0.3 is 0 Å². The van der Waals surface area contributed by atoms with Gasteiger partial charge < -0.3 is 4.74 Å². The Balaban J connectivity index is 2.36. The number of hydrogen-bond acceptors (Lipinski definition) is 3. The van der Waals surface area contributed by atoms with Crippen molar-refractivity contribution in [2.75, 3.05) is 19.1 Å². The maximum Gasteiger partial charge on any atom is 0.242 e. The Hall–Kier alpha value is 0.340. The largest absolute Gasteiger partial charge is 0.381 e. The summed E-state index contributed by atoms with van der Waals surface area (Å²) in [4.78, 5) is 0.205. The monoisotopic (exact) mass is 459 g/mol. The smallest absolute Gasteiger partial charge is 0.242 e. The highest BCUT2D eigenvalue weighted by atomic mass is 79.9. The van der Waals surface area contributed by atoms with Gasteiger partial charge in [-0.05, 0) is 53.4 Å².